The topological polar surface area (TPSA) is 37.0 Å². The smallest absolute Gasteiger partial charge is 0.151 e. The van der Waals surface area contributed by atoms with Crippen molar-refractivity contribution in [2.75, 3.05) is 5.32 Å². The Kier molecular flexibility index (Phi) is 3.30. The van der Waals surface area contributed by atoms with Crippen molar-refractivity contribution >= 4 is 33.2 Å². The lowest BCUT2D eigenvalue weighted by Gasteiger charge is -2.22. The highest BCUT2D eigenvalue weighted by Gasteiger charge is 2.17. The number of hydrogen-bond donors (Lipinski definition) is 2. The van der Waals surface area contributed by atoms with Crippen molar-refractivity contribution in [2.24, 2.45) is 0 Å². The Balaban J connectivity index is 1.43. The number of aromatic amines is 1. The predicted molar refractivity (Wildman–Crippen MR) is 121 cm³/mol. The minimum Gasteiger partial charge on any atom is -0.453 e. The fraction of sp³-hybridized carbons (Fsp3) is 0.0769. The molecular weight excluding hydrogens is 356 g/mol. The van der Waals surface area contributed by atoms with E-state index in [0.717, 1.165) is 34.0 Å². The number of fused-ring (bicyclic) bond motifs is 5. The molecule has 0 fully saturated rings. The molecule has 29 heavy (non-hydrogen) atoms. The second-order valence-electron chi connectivity index (χ2n) is 7.87. The van der Waals surface area contributed by atoms with Gasteiger partial charge in [-0.15, -0.1) is 0 Å². The number of nitrogens with one attached hydrogen (secondary N) is 2. The van der Waals surface area contributed by atoms with Crippen LogP contribution >= 0.6 is 0 Å². The molecular formula is C26H20N2O. The van der Waals surface area contributed by atoms with Crippen LogP contribution in [0.4, 0.5) is 11.4 Å². The van der Waals surface area contributed by atoms with E-state index >= 15 is 0 Å². The first-order chi connectivity index (χ1) is 14.1. The SMILES string of the molecule is Cc1ccc2c(c1)Nc1cc(-c3ccc4c(c3)[nH]c3cc(C)ccc34)ccc1O2. The van der Waals surface area contributed by atoms with E-state index in [1.165, 1.54) is 33.0 Å². The van der Waals surface area contributed by atoms with E-state index in [-0.39, 0.29) is 0 Å². The maximum absolute atomic E-state index is 6.08. The van der Waals surface area contributed by atoms with Gasteiger partial charge in [0.2, 0.25) is 0 Å². The first-order valence-corrected chi connectivity index (χ1v) is 9.86. The third-order valence-corrected chi connectivity index (χ3v) is 5.69. The molecule has 0 radical (unpaired) electrons. The Morgan fingerprint density at radius 1 is 0.586 bits per heavy atom. The normalized spacial score (nSPS) is 12.3. The van der Waals surface area contributed by atoms with Crippen molar-refractivity contribution < 1.29 is 4.74 Å². The maximum atomic E-state index is 6.08. The summed E-state index contributed by atoms with van der Waals surface area (Å²) in [5, 5.41) is 6.05. The van der Waals surface area contributed by atoms with Crippen LogP contribution in [-0.2, 0) is 0 Å². The zero-order valence-electron chi connectivity index (χ0n) is 16.3. The number of H-pyrrole nitrogens is 1. The summed E-state index contributed by atoms with van der Waals surface area (Å²) < 4.78 is 6.08. The van der Waals surface area contributed by atoms with Crippen LogP contribution < -0.4 is 10.1 Å². The Morgan fingerprint density at radius 2 is 1.17 bits per heavy atom. The van der Waals surface area contributed by atoms with Crippen LogP contribution in [0.1, 0.15) is 11.1 Å². The molecule has 0 aliphatic carbocycles. The summed E-state index contributed by atoms with van der Waals surface area (Å²) >= 11 is 0. The van der Waals surface area contributed by atoms with Gasteiger partial charge in [-0.2, -0.15) is 0 Å². The monoisotopic (exact) mass is 376 g/mol. The Labute approximate surface area is 169 Å². The van der Waals surface area contributed by atoms with Gasteiger partial charge in [0, 0.05) is 21.8 Å². The van der Waals surface area contributed by atoms with E-state index in [0.29, 0.717) is 0 Å². The zero-order chi connectivity index (χ0) is 19.5. The molecule has 140 valence electrons. The number of ether oxygens (including phenoxy) is 1. The lowest BCUT2D eigenvalue weighted by molar-refractivity contribution is 0.481. The average Bonchev–Trinajstić information content (AvgIpc) is 3.08. The van der Waals surface area contributed by atoms with Gasteiger partial charge in [0.05, 0.1) is 11.4 Å². The zero-order valence-corrected chi connectivity index (χ0v) is 16.3. The quantitative estimate of drug-likeness (QED) is 0.312. The Bertz CT molecular complexity index is 1430. The molecule has 0 atom stereocenters. The summed E-state index contributed by atoms with van der Waals surface area (Å²) in [6, 6.07) is 25.7. The lowest BCUT2D eigenvalue weighted by Crippen LogP contribution is -2.03. The van der Waals surface area contributed by atoms with Crippen LogP contribution in [0.15, 0.2) is 72.8 Å². The van der Waals surface area contributed by atoms with E-state index in [2.05, 4.69) is 84.8 Å². The molecule has 1 aliphatic rings. The van der Waals surface area contributed by atoms with E-state index < -0.39 is 0 Å². The number of hydrogen-bond acceptors (Lipinski definition) is 2. The van der Waals surface area contributed by atoms with Crippen LogP contribution in [0.5, 0.6) is 11.5 Å². The van der Waals surface area contributed by atoms with Gasteiger partial charge < -0.3 is 15.0 Å². The van der Waals surface area contributed by atoms with Gasteiger partial charge in [-0.25, -0.2) is 0 Å². The van der Waals surface area contributed by atoms with Crippen molar-refractivity contribution in [3.8, 4) is 22.6 Å². The minimum atomic E-state index is 0.854. The summed E-state index contributed by atoms with van der Waals surface area (Å²) in [6.07, 6.45) is 0. The molecule has 0 saturated heterocycles. The fourth-order valence-corrected chi connectivity index (χ4v) is 4.19. The number of anilines is 2. The molecule has 1 aliphatic heterocycles. The van der Waals surface area contributed by atoms with Gasteiger partial charge in [-0.1, -0.05) is 36.4 Å². The highest BCUT2D eigenvalue weighted by Crippen LogP contribution is 2.44. The van der Waals surface area contributed by atoms with Gasteiger partial charge in [0.25, 0.3) is 0 Å². The molecule has 0 saturated carbocycles. The standard InChI is InChI=1S/C26H20N2O/c1-15-3-7-19-20-8-5-17(13-22(20)27-21(19)11-15)18-6-10-26-24(14-18)28-23-12-16(2)4-9-25(23)29-26/h3-14,27-28H,1-2H3. The van der Waals surface area contributed by atoms with E-state index in [9.17, 15) is 0 Å². The summed E-state index contributed by atoms with van der Waals surface area (Å²) in [6.45, 7) is 4.21. The van der Waals surface area contributed by atoms with Crippen LogP contribution in [-0.4, -0.2) is 4.98 Å². The molecule has 0 spiro atoms. The minimum absolute atomic E-state index is 0.854. The average molecular weight is 376 g/mol. The second kappa shape index (κ2) is 5.89. The van der Waals surface area contributed by atoms with Gasteiger partial charge in [-0.3, -0.25) is 0 Å². The molecule has 2 heterocycles. The fourth-order valence-electron chi connectivity index (χ4n) is 4.19. The number of aryl methyl sites for hydroxylation is 2. The highest BCUT2D eigenvalue weighted by atomic mass is 16.5. The molecule has 6 rings (SSSR count). The van der Waals surface area contributed by atoms with E-state index in [1.54, 1.807) is 0 Å². The van der Waals surface area contributed by atoms with Gasteiger partial charge in [0.1, 0.15) is 0 Å². The molecule has 4 aromatic carbocycles. The van der Waals surface area contributed by atoms with Crippen LogP contribution in [0.2, 0.25) is 0 Å². The summed E-state index contributed by atoms with van der Waals surface area (Å²) in [5.41, 5.74) is 9.16. The van der Waals surface area contributed by atoms with Crippen LogP contribution in [0, 0.1) is 13.8 Å². The number of rotatable bonds is 1. The third-order valence-electron chi connectivity index (χ3n) is 5.69. The van der Waals surface area contributed by atoms with Crippen molar-refractivity contribution in [3.63, 3.8) is 0 Å². The van der Waals surface area contributed by atoms with E-state index in [4.69, 9.17) is 4.74 Å². The van der Waals surface area contributed by atoms with E-state index in [1.807, 2.05) is 12.1 Å². The Morgan fingerprint density at radius 3 is 2.03 bits per heavy atom. The molecule has 3 nitrogen and oxygen atoms in total. The predicted octanol–water partition coefficient (Wildman–Crippen LogP) is 7.45. The van der Waals surface area contributed by atoms with Crippen molar-refractivity contribution in [1.82, 2.24) is 4.98 Å². The van der Waals surface area contributed by atoms with Gasteiger partial charge >= 0.3 is 0 Å². The Hall–Kier alpha value is -3.72. The molecule has 2 N–H and O–H groups in total. The number of benzene rings is 4. The molecule has 3 heteroatoms. The number of aromatic nitrogens is 1. The lowest BCUT2D eigenvalue weighted by atomic mass is 10.0. The van der Waals surface area contributed by atoms with Crippen molar-refractivity contribution in [1.29, 1.82) is 0 Å². The van der Waals surface area contributed by atoms with Gasteiger partial charge in [-0.05, 0) is 72.5 Å². The first-order valence-electron chi connectivity index (χ1n) is 9.86. The highest BCUT2D eigenvalue weighted by molar-refractivity contribution is 6.08. The summed E-state index contributed by atoms with van der Waals surface area (Å²) in [5.74, 6) is 1.72. The largest absolute Gasteiger partial charge is 0.453 e. The summed E-state index contributed by atoms with van der Waals surface area (Å²) in [4.78, 5) is 3.57. The molecule has 0 amide bonds. The molecule has 1 aromatic heterocycles. The van der Waals surface area contributed by atoms with Crippen molar-refractivity contribution in [3.05, 3.63) is 83.9 Å². The molecule has 0 bridgehead atoms. The summed E-state index contributed by atoms with van der Waals surface area (Å²) in [7, 11) is 0. The van der Waals surface area contributed by atoms with Crippen LogP contribution in [0.3, 0.4) is 0 Å². The molecule has 0 unspecified atom stereocenters. The first kappa shape index (κ1) is 16.3. The maximum Gasteiger partial charge on any atom is 0.151 e. The third kappa shape index (κ3) is 2.59. The van der Waals surface area contributed by atoms with Crippen LogP contribution in [0.25, 0.3) is 32.9 Å². The van der Waals surface area contributed by atoms with Gasteiger partial charge in [0.15, 0.2) is 11.5 Å². The van der Waals surface area contributed by atoms with Crippen molar-refractivity contribution in [2.45, 2.75) is 13.8 Å². The molecule has 5 aromatic rings. The second-order valence-corrected chi connectivity index (χ2v) is 7.87.